The summed E-state index contributed by atoms with van der Waals surface area (Å²) in [6, 6.07) is 10.4. The summed E-state index contributed by atoms with van der Waals surface area (Å²) < 4.78 is 16.1. The van der Waals surface area contributed by atoms with Crippen molar-refractivity contribution in [2.45, 2.75) is 26.4 Å². The first kappa shape index (κ1) is 19.0. The number of fused-ring (bicyclic) bond motifs is 1. The van der Waals surface area contributed by atoms with Crippen LogP contribution in [0.15, 0.2) is 36.4 Å². The van der Waals surface area contributed by atoms with Crippen molar-refractivity contribution in [1.29, 1.82) is 0 Å². The molecule has 1 N–H and O–H groups in total. The third-order valence-electron chi connectivity index (χ3n) is 4.12. The van der Waals surface area contributed by atoms with Gasteiger partial charge in [0, 0.05) is 5.69 Å². The van der Waals surface area contributed by atoms with Crippen molar-refractivity contribution in [3.8, 4) is 11.5 Å². The quantitative estimate of drug-likeness (QED) is 0.786. The minimum Gasteiger partial charge on any atom is -0.486 e. The molecule has 1 amide bonds. The average molecular weight is 390 g/mol. The number of rotatable bonds is 5. The van der Waals surface area contributed by atoms with Crippen LogP contribution in [0.3, 0.4) is 0 Å². The summed E-state index contributed by atoms with van der Waals surface area (Å²) >= 11 is 6.13. The second-order valence-corrected chi connectivity index (χ2v) is 6.48. The minimum atomic E-state index is -0.977. The second kappa shape index (κ2) is 8.31. The van der Waals surface area contributed by atoms with Gasteiger partial charge < -0.3 is 19.5 Å². The maximum absolute atomic E-state index is 12.4. The van der Waals surface area contributed by atoms with Crippen molar-refractivity contribution < 1.29 is 23.8 Å². The lowest BCUT2D eigenvalue weighted by Gasteiger charge is -2.20. The van der Waals surface area contributed by atoms with Crippen molar-refractivity contribution >= 4 is 29.2 Å². The van der Waals surface area contributed by atoms with Crippen LogP contribution in [-0.4, -0.2) is 31.2 Å². The smallest absolute Gasteiger partial charge is 0.339 e. The molecule has 1 unspecified atom stereocenters. The molecule has 0 fully saturated rings. The number of nitrogens with one attached hydrogen (secondary N) is 1. The van der Waals surface area contributed by atoms with Gasteiger partial charge in [0.15, 0.2) is 17.6 Å². The van der Waals surface area contributed by atoms with Crippen LogP contribution in [0.2, 0.25) is 5.02 Å². The number of carbonyl (C=O) groups is 2. The Kier molecular flexibility index (Phi) is 5.86. The van der Waals surface area contributed by atoms with Crippen LogP contribution in [-0.2, 0) is 16.0 Å². The highest BCUT2D eigenvalue weighted by Gasteiger charge is 2.23. The molecule has 142 valence electrons. The van der Waals surface area contributed by atoms with E-state index in [2.05, 4.69) is 12.2 Å². The summed E-state index contributed by atoms with van der Waals surface area (Å²) in [7, 11) is 0. The van der Waals surface area contributed by atoms with Crippen LogP contribution in [0.1, 0.15) is 29.8 Å². The van der Waals surface area contributed by atoms with E-state index >= 15 is 0 Å². The molecule has 1 atom stereocenters. The molecule has 0 spiro atoms. The van der Waals surface area contributed by atoms with Crippen LogP contribution >= 0.6 is 11.6 Å². The van der Waals surface area contributed by atoms with E-state index in [1.165, 1.54) is 24.6 Å². The largest absolute Gasteiger partial charge is 0.486 e. The zero-order valence-electron chi connectivity index (χ0n) is 15.1. The molecule has 0 aromatic heterocycles. The van der Waals surface area contributed by atoms with Gasteiger partial charge in [0.1, 0.15) is 13.2 Å². The lowest BCUT2D eigenvalue weighted by molar-refractivity contribution is -0.123. The normalized spacial score (nSPS) is 13.6. The van der Waals surface area contributed by atoms with E-state index in [4.69, 9.17) is 25.8 Å². The van der Waals surface area contributed by atoms with Gasteiger partial charge in [-0.15, -0.1) is 0 Å². The standard InChI is InChI=1S/C20H20ClNO5/c1-3-13-4-6-15(7-5-13)22-19(23)12(2)27-20(24)14-10-16(21)18-17(11-14)25-8-9-26-18/h4-7,10-12H,3,8-9H2,1-2H3,(H,22,23). The lowest BCUT2D eigenvalue weighted by Crippen LogP contribution is -2.30. The lowest BCUT2D eigenvalue weighted by atomic mass is 10.1. The number of esters is 1. The Morgan fingerprint density at radius 3 is 2.59 bits per heavy atom. The van der Waals surface area contributed by atoms with E-state index in [9.17, 15) is 9.59 Å². The molecule has 0 saturated carbocycles. The van der Waals surface area contributed by atoms with E-state index in [1.54, 1.807) is 0 Å². The maximum atomic E-state index is 12.4. The van der Waals surface area contributed by atoms with Gasteiger partial charge in [-0.2, -0.15) is 0 Å². The van der Waals surface area contributed by atoms with Gasteiger partial charge in [-0.1, -0.05) is 30.7 Å². The highest BCUT2D eigenvalue weighted by Crippen LogP contribution is 2.38. The zero-order chi connectivity index (χ0) is 19.4. The summed E-state index contributed by atoms with van der Waals surface area (Å²) in [5.41, 5.74) is 2.00. The monoisotopic (exact) mass is 389 g/mol. The first-order valence-electron chi connectivity index (χ1n) is 8.68. The highest BCUT2D eigenvalue weighted by atomic mass is 35.5. The van der Waals surface area contributed by atoms with Gasteiger partial charge in [-0.05, 0) is 43.2 Å². The van der Waals surface area contributed by atoms with Crippen LogP contribution in [0.5, 0.6) is 11.5 Å². The van der Waals surface area contributed by atoms with Crippen LogP contribution in [0.25, 0.3) is 0 Å². The van der Waals surface area contributed by atoms with Gasteiger partial charge in [0.2, 0.25) is 0 Å². The molecule has 2 aromatic carbocycles. The summed E-state index contributed by atoms with van der Waals surface area (Å²) in [4.78, 5) is 24.7. The van der Waals surface area contributed by atoms with Gasteiger partial charge in [0.05, 0.1) is 10.6 Å². The van der Waals surface area contributed by atoms with Crippen molar-refractivity contribution in [3.63, 3.8) is 0 Å². The van der Waals surface area contributed by atoms with E-state index in [0.29, 0.717) is 30.4 Å². The first-order chi connectivity index (χ1) is 13.0. The topological polar surface area (TPSA) is 73.9 Å². The molecule has 0 saturated heterocycles. The average Bonchev–Trinajstić information content (AvgIpc) is 2.68. The SMILES string of the molecule is CCc1ccc(NC(=O)C(C)OC(=O)c2cc(Cl)c3c(c2)OCCO3)cc1. The first-order valence-corrected chi connectivity index (χ1v) is 9.05. The number of anilines is 1. The second-order valence-electron chi connectivity index (χ2n) is 6.07. The third kappa shape index (κ3) is 4.52. The Labute approximate surface area is 162 Å². The van der Waals surface area contributed by atoms with Crippen molar-refractivity contribution in [2.75, 3.05) is 18.5 Å². The molecule has 0 aliphatic carbocycles. The molecule has 2 aromatic rings. The molecule has 1 heterocycles. The van der Waals surface area contributed by atoms with Crippen molar-refractivity contribution in [3.05, 3.63) is 52.5 Å². The molecule has 27 heavy (non-hydrogen) atoms. The van der Waals surface area contributed by atoms with Gasteiger partial charge in [-0.25, -0.2) is 4.79 Å². The van der Waals surface area contributed by atoms with Crippen LogP contribution < -0.4 is 14.8 Å². The summed E-state index contributed by atoms with van der Waals surface area (Å²) in [5, 5.41) is 2.98. The fourth-order valence-corrected chi connectivity index (χ4v) is 2.84. The molecule has 6 nitrogen and oxygen atoms in total. The molecule has 0 bridgehead atoms. The Morgan fingerprint density at radius 2 is 1.89 bits per heavy atom. The van der Waals surface area contributed by atoms with Gasteiger partial charge in [0.25, 0.3) is 5.91 Å². The Hall–Kier alpha value is -2.73. The zero-order valence-corrected chi connectivity index (χ0v) is 15.8. The minimum absolute atomic E-state index is 0.191. The van der Waals surface area contributed by atoms with Gasteiger partial charge in [-0.3, -0.25) is 4.79 Å². The number of hydrogen-bond acceptors (Lipinski definition) is 5. The molecule has 1 aliphatic rings. The fraction of sp³-hybridized carbons (Fsp3) is 0.300. The Balaban J connectivity index is 1.64. The summed E-state index contributed by atoms with van der Waals surface area (Å²) in [5.74, 6) is -0.302. The van der Waals surface area contributed by atoms with Crippen molar-refractivity contribution in [1.82, 2.24) is 0 Å². The molecule has 1 aliphatic heterocycles. The number of amides is 1. The number of carbonyl (C=O) groups excluding carboxylic acids is 2. The molecule has 0 radical (unpaired) electrons. The predicted molar refractivity (Wildman–Crippen MR) is 102 cm³/mol. The van der Waals surface area contributed by atoms with Gasteiger partial charge >= 0.3 is 5.97 Å². The van der Waals surface area contributed by atoms with E-state index < -0.39 is 18.0 Å². The maximum Gasteiger partial charge on any atom is 0.339 e. The number of halogens is 1. The Bertz CT molecular complexity index is 850. The highest BCUT2D eigenvalue weighted by molar-refractivity contribution is 6.32. The number of ether oxygens (including phenoxy) is 3. The Morgan fingerprint density at radius 1 is 1.19 bits per heavy atom. The van der Waals surface area contributed by atoms with E-state index in [0.717, 1.165) is 6.42 Å². The summed E-state index contributed by atoms with van der Waals surface area (Å²) in [6.45, 7) is 4.33. The molecular weight excluding hydrogens is 370 g/mol. The molecule has 3 rings (SSSR count). The van der Waals surface area contributed by atoms with Crippen LogP contribution in [0.4, 0.5) is 5.69 Å². The van der Waals surface area contributed by atoms with E-state index in [-0.39, 0.29) is 10.6 Å². The van der Waals surface area contributed by atoms with Crippen molar-refractivity contribution in [2.24, 2.45) is 0 Å². The van der Waals surface area contributed by atoms with Crippen LogP contribution in [0, 0.1) is 0 Å². The number of benzene rings is 2. The number of aryl methyl sites for hydroxylation is 1. The molecular formula is C20H20ClNO5. The third-order valence-corrected chi connectivity index (χ3v) is 4.40. The fourth-order valence-electron chi connectivity index (χ4n) is 2.58. The number of hydrogen-bond donors (Lipinski definition) is 1. The molecule has 7 heteroatoms. The summed E-state index contributed by atoms with van der Waals surface area (Å²) in [6.07, 6.45) is -0.0596. The van der Waals surface area contributed by atoms with E-state index in [1.807, 2.05) is 24.3 Å². The predicted octanol–water partition coefficient (Wildman–Crippen LogP) is 3.86.